The summed E-state index contributed by atoms with van der Waals surface area (Å²) in [5.74, 6) is 0.213. The molecular formula is C29H36N4O4. The first-order valence-corrected chi connectivity index (χ1v) is 12.6. The Bertz CT molecular complexity index is 1270. The molecule has 3 aromatic carbocycles. The zero-order chi connectivity index (χ0) is 26.7. The van der Waals surface area contributed by atoms with Gasteiger partial charge in [-0.05, 0) is 36.6 Å². The van der Waals surface area contributed by atoms with Crippen LogP contribution in [-0.4, -0.2) is 79.8 Å². The fourth-order valence-corrected chi connectivity index (χ4v) is 4.60. The Hall–Kier alpha value is -3.78. The van der Waals surface area contributed by atoms with Crippen LogP contribution in [0.3, 0.4) is 0 Å². The Kier molecular flexibility index (Phi) is 7.88. The predicted molar refractivity (Wildman–Crippen MR) is 148 cm³/mol. The Morgan fingerprint density at radius 1 is 1.14 bits per heavy atom. The number of anilines is 2. The van der Waals surface area contributed by atoms with Gasteiger partial charge in [-0.1, -0.05) is 43.3 Å². The number of likely N-dealkylation sites (N-methyl/N-ethyl adjacent to an activating group) is 1. The summed E-state index contributed by atoms with van der Waals surface area (Å²) in [6, 6.07) is 18.7. The van der Waals surface area contributed by atoms with Crippen molar-refractivity contribution in [2.75, 3.05) is 51.1 Å². The summed E-state index contributed by atoms with van der Waals surface area (Å²) in [4.78, 5) is 31.9. The van der Waals surface area contributed by atoms with Crippen molar-refractivity contribution in [2.24, 2.45) is 5.92 Å². The molecule has 2 N–H and O–H groups in total. The third-order valence-electron chi connectivity index (χ3n) is 7.00. The Morgan fingerprint density at radius 3 is 2.59 bits per heavy atom. The molecule has 0 saturated heterocycles. The van der Waals surface area contributed by atoms with E-state index in [0.29, 0.717) is 24.4 Å². The lowest BCUT2D eigenvalue weighted by molar-refractivity contribution is 0.0371. The maximum atomic E-state index is 13.5. The Morgan fingerprint density at radius 2 is 1.86 bits per heavy atom. The van der Waals surface area contributed by atoms with E-state index in [4.69, 9.17) is 4.74 Å². The van der Waals surface area contributed by atoms with Crippen molar-refractivity contribution >= 4 is 34.1 Å². The van der Waals surface area contributed by atoms with Crippen molar-refractivity contribution in [2.45, 2.75) is 26.0 Å². The van der Waals surface area contributed by atoms with Crippen LogP contribution in [0.4, 0.5) is 16.2 Å². The van der Waals surface area contributed by atoms with E-state index in [1.54, 1.807) is 16.8 Å². The van der Waals surface area contributed by atoms with Crippen LogP contribution in [0.1, 0.15) is 24.2 Å². The van der Waals surface area contributed by atoms with Gasteiger partial charge in [-0.3, -0.25) is 4.79 Å². The summed E-state index contributed by atoms with van der Waals surface area (Å²) >= 11 is 0. The third kappa shape index (κ3) is 5.64. The van der Waals surface area contributed by atoms with Crippen LogP contribution < -0.4 is 15.0 Å². The second-order valence-corrected chi connectivity index (χ2v) is 10.0. The van der Waals surface area contributed by atoms with Gasteiger partial charge in [0.15, 0.2) is 0 Å². The first kappa shape index (κ1) is 26.3. The lowest BCUT2D eigenvalue weighted by Gasteiger charge is -2.38. The quantitative estimate of drug-likeness (QED) is 0.523. The number of benzene rings is 3. The molecule has 0 spiro atoms. The number of aliphatic hydroxyl groups is 1. The van der Waals surface area contributed by atoms with E-state index in [1.807, 2.05) is 93.5 Å². The summed E-state index contributed by atoms with van der Waals surface area (Å²) in [5, 5.41) is 14.9. The number of amides is 3. The number of hydrogen-bond acceptors (Lipinski definition) is 5. The number of carbonyl (C=O) groups excluding carboxylic acids is 2. The van der Waals surface area contributed by atoms with Crippen LogP contribution in [0, 0.1) is 5.92 Å². The minimum absolute atomic E-state index is 0.0903. The number of aliphatic hydroxyl groups excluding tert-OH is 1. The molecule has 8 heteroatoms. The van der Waals surface area contributed by atoms with Gasteiger partial charge in [0.2, 0.25) is 0 Å². The minimum atomic E-state index is -0.367. The maximum Gasteiger partial charge on any atom is 0.321 e. The van der Waals surface area contributed by atoms with Gasteiger partial charge in [0, 0.05) is 44.7 Å². The molecule has 0 radical (unpaired) electrons. The number of nitrogens with zero attached hydrogens (tertiary/aromatic N) is 3. The highest BCUT2D eigenvalue weighted by atomic mass is 16.5. The zero-order valence-corrected chi connectivity index (χ0v) is 22.1. The molecule has 196 valence electrons. The van der Waals surface area contributed by atoms with Crippen molar-refractivity contribution in [3.63, 3.8) is 0 Å². The first-order valence-electron chi connectivity index (χ1n) is 12.6. The molecular weight excluding hydrogens is 468 g/mol. The van der Waals surface area contributed by atoms with Crippen LogP contribution in [-0.2, 0) is 0 Å². The lowest BCUT2D eigenvalue weighted by atomic mass is 9.99. The number of ether oxygens (including phenoxy) is 1. The van der Waals surface area contributed by atoms with E-state index in [0.717, 1.165) is 22.1 Å². The summed E-state index contributed by atoms with van der Waals surface area (Å²) in [5.41, 5.74) is 2.08. The summed E-state index contributed by atoms with van der Waals surface area (Å²) < 4.78 is 6.41. The third-order valence-corrected chi connectivity index (χ3v) is 7.00. The maximum absolute atomic E-state index is 13.5. The van der Waals surface area contributed by atoms with E-state index in [2.05, 4.69) is 5.32 Å². The molecule has 37 heavy (non-hydrogen) atoms. The van der Waals surface area contributed by atoms with E-state index in [1.165, 1.54) is 0 Å². The number of rotatable bonds is 6. The molecule has 0 fully saturated rings. The van der Waals surface area contributed by atoms with E-state index < -0.39 is 0 Å². The molecule has 4 rings (SSSR count). The fraction of sp³-hybridized carbons (Fsp3) is 0.379. The van der Waals surface area contributed by atoms with Gasteiger partial charge in [-0.2, -0.15) is 0 Å². The number of fused-ring (bicyclic) bond motifs is 2. The van der Waals surface area contributed by atoms with Crippen LogP contribution in [0.2, 0.25) is 0 Å². The largest absolute Gasteiger partial charge is 0.487 e. The summed E-state index contributed by atoms with van der Waals surface area (Å²) in [6.07, 6.45) is -0.367. The Balaban J connectivity index is 1.59. The number of hydrogen-bond donors (Lipinski definition) is 2. The molecule has 1 aliphatic heterocycles. The Labute approximate surface area is 218 Å². The standard InChI is InChI=1S/C29H36N4O4/c1-19-16-33(20(2)18-34)28(35)24-15-22(31(3)4)13-14-26(24)37-27(19)17-32(5)29(36)30-25-12-8-10-21-9-6-7-11-23(21)25/h6-15,19-20,27,34H,16-18H2,1-5H3,(H,30,36)/t19-,20+,27+/m1/s1. The SMILES string of the molecule is C[C@@H]1CN([C@@H](C)CO)C(=O)c2cc(N(C)C)ccc2O[C@H]1CN(C)C(=O)Nc1cccc2ccccc12. The van der Waals surface area contributed by atoms with E-state index in [-0.39, 0.29) is 36.6 Å². The van der Waals surface area contributed by atoms with Gasteiger partial charge >= 0.3 is 6.03 Å². The van der Waals surface area contributed by atoms with Gasteiger partial charge in [-0.15, -0.1) is 0 Å². The van der Waals surface area contributed by atoms with E-state index in [9.17, 15) is 14.7 Å². The van der Waals surface area contributed by atoms with Crippen molar-refractivity contribution in [3.05, 3.63) is 66.2 Å². The number of nitrogens with one attached hydrogen (secondary N) is 1. The molecule has 0 saturated carbocycles. The second-order valence-electron chi connectivity index (χ2n) is 10.0. The highest BCUT2D eigenvalue weighted by Gasteiger charge is 2.34. The van der Waals surface area contributed by atoms with Gasteiger partial charge in [0.25, 0.3) is 5.91 Å². The van der Waals surface area contributed by atoms with Gasteiger partial charge in [0.1, 0.15) is 11.9 Å². The van der Waals surface area contributed by atoms with Gasteiger partial charge in [-0.25, -0.2) is 4.79 Å². The highest BCUT2D eigenvalue weighted by molar-refractivity contribution is 6.01. The molecule has 1 aliphatic rings. The smallest absolute Gasteiger partial charge is 0.321 e. The molecule has 0 bridgehead atoms. The van der Waals surface area contributed by atoms with Gasteiger partial charge < -0.3 is 29.9 Å². The average molecular weight is 505 g/mol. The average Bonchev–Trinajstić information content (AvgIpc) is 2.89. The summed E-state index contributed by atoms with van der Waals surface area (Å²) in [7, 11) is 5.57. The lowest BCUT2D eigenvalue weighted by Crippen LogP contribution is -2.50. The molecule has 1 heterocycles. The fourth-order valence-electron chi connectivity index (χ4n) is 4.60. The number of urea groups is 1. The summed E-state index contributed by atoms with van der Waals surface area (Å²) in [6.45, 7) is 4.42. The van der Waals surface area contributed by atoms with Crippen LogP contribution >= 0.6 is 0 Å². The van der Waals surface area contributed by atoms with Crippen LogP contribution in [0.25, 0.3) is 10.8 Å². The van der Waals surface area contributed by atoms with Crippen LogP contribution in [0.15, 0.2) is 60.7 Å². The molecule has 0 aliphatic carbocycles. The molecule has 0 unspecified atom stereocenters. The van der Waals surface area contributed by atoms with Crippen molar-refractivity contribution < 1.29 is 19.4 Å². The van der Waals surface area contributed by atoms with Crippen molar-refractivity contribution in [1.29, 1.82) is 0 Å². The molecule has 3 amide bonds. The van der Waals surface area contributed by atoms with Crippen molar-refractivity contribution in [1.82, 2.24) is 9.80 Å². The van der Waals surface area contributed by atoms with Crippen LogP contribution in [0.5, 0.6) is 5.75 Å². The normalized spacial score (nSPS) is 18.3. The number of carbonyl (C=O) groups is 2. The molecule has 8 nitrogen and oxygen atoms in total. The zero-order valence-electron chi connectivity index (χ0n) is 22.1. The molecule has 3 atom stereocenters. The highest BCUT2D eigenvalue weighted by Crippen LogP contribution is 2.31. The second kappa shape index (κ2) is 11.1. The first-order chi connectivity index (χ1) is 17.7. The monoisotopic (exact) mass is 504 g/mol. The van der Waals surface area contributed by atoms with Crippen molar-refractivity contribution in [3.8, 4) is 5.75 Å². The predicted octanol–water partition coefficient (Wildman–Crippen LogP) is 4.29. The molecule has 0 aromatic heterocycles. The van der Waals surface area contributed by atoms with E-state index >= 15 is 0 Å². The molecule has 3 aromatic rings. The van der Waals surface area contributed by atoms with Gasteiger partial charge in [0.05, 0.1) is 30.4 Å². The minimum Gasteiger partial charge on any atom is -0.487 e. The topological polar surface area (TPSA) is 85.4 Å².